The summed E-state index contributed by atoms with van der Waals surface area (Å²) in [6, 6.07) is 13.7. The topological polar surface area (TPSA) is 55.3 Å². The number of ether oxygens (including phenoxy) is 1. The third-order valence-electron chi connectivity index (χ3n) is 4.35. The van der Waals surface area contributed by atoms with Gasteiger partial charge in [0.1, 0.15) is 10.8 Å². The highest BCUT2D eigenvalue weighted by molar-refractivity contribution is 7.13. The number of hydrogen-bond acceptors (Lipinski definition) is 5. The predicted molar refractivity (Wildman–Crippen MR) is 108 cm³/mol. The minimum absolute atomic E-state index is 0.135. The van der Waals surface area contributed by atoms with Crippen molar-refractivity contribution >= 4 is 17.2 Å². The van der Waals surface area contributed by atoms with Gasteiger partial charge in [-0.3, -0.25) is 9.78 Å². The number of carbonyl (C=O) groups is 1. The molecule has 1 amide bonds. The van der Waals surface area contributed by atoms with Crippen molar-refractivity contribution in [2.75, 3.05) is 20.7 Å². The predicted octanol–water partition coefficient (Wildman–Crippen LogP) is 3.85. The van der Waals surface area contributed by atoms with Crippen molar-refractivity contribution in [3.63, 3.8) is 0 Å². The second-order valence-corrected chi connectivity index (χ2v) is 7.13. The largest absolute Gasteiger partial charge is 0.497 e. The maximum absolute atomic E-state index is 12.4. The Morgan fingerprint density at radius 3 is 2.67 bits per heavy atom. The number of hydrogen-bond donors (Lipinski definition) is 0. The SMILES string of the molecule is COc1ccc(CCN(C)C(=O)CCc2csc(-c3ccccn3)n2)cc1. The van der Waals surface area contributed by atoms with E-state index in [0.717, 1.165) is 28.6 Å². The number of likely N-dealkylation sites (N-methyl/N-ethyl adjacent to an activating group) is 1. The maximum atomic E-state index is 12.4. The minimum Gasteiger partial charge on any atom is -0.497 e. The van der Waals surface area contributed by atoms with Crippen LogP contribution >= 0.6 is 11.3 Å². The van der Waals surface area contributed by atoms with Gasteiger partial charge in [-0.1, -0.05) is 18.2 Å². The Labute approximate surface area is 163 Å². The molecule has 0 bridgehead atoms. The van der Waals surface area contributed by atoms with Crippen molar-refractivity contribution < 1.29 is 9.53 Å². The molecule has 0 saturated carbocycles. The summed E-state index contributed by atoms with van der Waals surface area (Å²) >= 11 is 1.56. The molecule has 0 aliphatic carbocycles. The fourth-order valence-corrected chi connectivity index (χ4v) is 3.50. The lowest BCUT2D eigenvalue weighted by Crippen LogP contribution is -2.29. The van der Waals surface area contributed by atoms with Crippen LogP contribution in [0, 0.1) is 0 Å². The Kier molecular flexibility index (Phi) is 6.54. The molecule has 0 aliphatic rings. The number of aryl methyl sites for hydroxylation is 1. The molecular formula is C21H23N3O2S. The molecule has 0 saturated heterocycles. The highest BCUT2D eigenvalue weighted by Gasteiger charge is 2.11. The molecule has 6 heteroatoms. The second-order valence-electron chi connectivity index (χ2n) is 6.27. The number of aromatic nitrogens is 2. The van der Waals surface area contributed by atoms with Gasteiger partial charge in [0.15, 0.2) is 0 Å². The lowest BCUT2D eigenvalue weighted by molar-refractivity contribution is -0.129. The monoisotopic (exact) mass is 381 g/mol. The molecule has 3 rings (SSSR count). The van der Waals surface area contributed by atoms with Crippen LogP contribution in [0.1, 0.15) is 17.7 Å². The Morgan fingerprint density at radius 1 is 1.15 bits per heavy atom. The van der Waals surface area contributed by atoms with Gasteiger partial charge in [0.2, 0.25) is 5.91 Å². The van der Waals surface area contributed by atoms with Gasteiger partial charge >= 0.3 is 0 Å². The number of carbonyl (C=O) groups excluding carboxylic acids is 1. The molecule has 0 N–H and O–H groups in total. The molecule has 2 heterocycles. The summed E-state index contributed by atoms with van der Waals surface area (Å²) in [5.41, 5.74) is 3.00. The number of methoxy groups -OCH3 is 1. The van der Waals surface area contributed by atoms with Gasteiger partial charge in [0, 0.05) is 31.6 Å². The zero-order valence-electron chi connectivity index (χ0n) is 15.6. The summed E-state index contributed by atoms with van der Waals surface area (Å²) in [4.78, 5) is 23.1. The first-order valence-corrected chi connectivity index (χ1v) is 9.76. The van der Waals surface area contributed by atoms with Crippen LogP contribution in [0.4, 0.5) is 0 Å². The van der Waals surface area contributed by atoms with Crippen LogP contribution in [-0.4, -0.2) is 41.5 Å². The van der Waals surface area contributed by atoms with Crippen molar-refractivity contribution in [1.29, 1.82) is 0 Å². The molecular weight excluding hydrogens is 358 g/mol. The van der Waals surface area contributed by atoms with Gasteiger partial charge < -0.3 is 9.64 Å². The van der Waals surface area contributed by atoms with Crippen LogP contribution < -0.4 is 4.74 Å². The first-order chi connectivity index (χ1) is 13.2. The van der Waals surface area contributed by atoms with E-state index in [1.54, 1.807) is 29.5 Å². The van der Waals surface area contributed by atoms with E-state index in [1.807, 2.05) is 54.9 Å². The number of nitrogens with zero attached hydrogens (tertiary/aromatic N) is 3. The average Bonchev–Trinajstić information content (AvgIpc) is 3.20. The molecule has 2 aromatic heterocycles. The maximum Gasteiger partial charge on any atom is 0.222 e. The Bertz CT molecular complexity index is 863. The molecule has 0 unspecified atom stereocenters. The van der Waals surface area contributed by atoms with Crippen LogP contribution in [0.25, 0.3) is 10.7 Å². The highest BCUT2D eigenvalue weighted by Crippen LogP contribution is 2.22. The van der Waals surface area contributed by atoms with Gasteiger partial charge in [-0.05, 0) is 42.7 Å². The summed E-state index contributed by atoms with van der Waals surface area (Å²) in [5, 5.41) is 2.90. The van der Waals surface area contributed by atoms with E-state index >= 15 is 0 Å². The van der Waals surface area contributed by atoms with Crippen LogP contribution in [0.2, 0.25) is 0 Å². The highest BCUT2D eigenvalue weighted by atomic mass is 32.1. The fraction of sp³-hybridized carbons (Fsp3) is 0.286. The molecule has 0 spiro atoms. The van der Waals surface area contributed by atoms with E-state index in [4.69, 9.17) is 4.74 Å². The average molecular weight is 382 g/mol. The van der Waals surface area contributed by atoms with Crippen LogP contribution in [0.5, 0.6) is 5.75 Å². The summed E-state index contributed by atoms with van der Waals surface area (Å²) in [5.74, 6) is 0.979. The number of benzene rings is 1. The van der Waals surface area contributed by atoms with Gasteiger partial charge in [0.25, 0.3) is 0 Å². The zero-order valence-corrected chi connectivity index (χ0v) is 16.4. The number of pyridine rings is 1. The van der Waals surface area contributed by atoms with Crippen LogP contribution in [0.3, 0.4) is 0 Å². The van der Waals surface area contributed by atoms with E-state index in [-0.39, 0.29) is 5.91 Å². The Balaban J connectivity index is 1.46. The first kappa shape index (κ1) is 19.0. The summed E-state index contributed by atoms with van der Waals surface area (Å²) in [7, 11) is 3.51. The summed E-state index contributed by atoms with van der Waals surface area (Å²) in [6.07, 6.45) is 3.70. The second kappa shape index (κ2) is 9.28. The van der Waals surface area contributed by atoms with E-state index in [9.17, 15) is 4.79 Å². The minimum atomic E-state index is 0.135. The Morgan fingerprint density at radius 2 is 1.96 bits per heavy atom. The third kappa shape index (κ3) is 5.37. The molecule has 0 fully saturated rings. The third-order valence-corrected chi connectivity index (χ3v) is 5.27. The van der Waals surface area contributed by atoms with Crippen LogP contribution in [-0.2, 0) is 17.6 Å². The van der Waals surface area contributed by atoms with Crippen LogP contribution in [0.15, 0.2) is 54.0 Å². The van der Waals surface area contributed by atoms with E-state index < -0.39 is 0 Å². The van der Waals surface area contributed by atoms with Crippen molar-refractivity contribution in [2.45, 2.75) is 19.3 Å². The van der Waals surface area contributed by atoms with Crippen molar-refractivity contribution in [3.8, 4) is 16.5 Å². The summed E-state index contributed by atoms with van der Waals surface area (Å²) < 4.78 is 5.16. The van der Waals surface area contributed by atoms with Crippen molar-refractivity contribution in [3.05, 3.63) is 65.3 Å². The van der Waals surface area contributed by atoms with Gasteiger partial charge in [-0.2, -0.15) is 0 Å². The molecule has 1 aromatic carbocycles. The molecule has 3 aromatic rings. The van der Waals surface area contributed by atoms with Gasteiger partial charge in [0.05, 0.1) is 18.5 Å². The molecule has 27 heavy (non-hydrogen) atoms. The number of amides is 1. The number of thiazole rings is 1. The van der Waals surface area contributed by atoms with E-state index in [0.29, 0.717) is 19.4 Å². The zero-order chi connectivity index (χ0) is 19.1. The number of rotatable bonds is 8. The normalized spacial score (nSPS) is 10.6. The van der Waals surface area contributed by atoms with E-state index in [1.165, 1.54) is 5.56 Å². The smallest absolute Gasteiger partial charge is 0.222 e. The van der Waals surface area contributed by atoms with Gasteiger partial charge in [-0.15, -0.1) is 11.3 Å². The summed E-state index contributed by atoms with van der Waals surface area (Å²) in [6.45, 7) is 0.696. The molecule has 0 aliphatic heterocycles. The molecule has 140 valence electrons. The lowest BCUT2D eigenvalue weighted by atomic mass is 10.1. The Hall–Kier alpha value is -2.73. The molecule has 5 nitrogen and oxygen atoms in total. The lowest BCUT2D eigenvalue weighted by Gasteiger charge is -2.17. The van der Waals surface area contributed by atoms with Crippen molar-refractivity contribution in [1.82, 2.24) is 14.9 Å². The van der Waals surface area contributed by atoms with Crippen molar-refractivity contribution in [2.24, 2.45) is 0 Å². The first-order valence-electron chi connectivity index (χ1n) is 8.88. The fourth-order valence-electron chi connectivity index (χ4n) is 2.67. The van der Waals surface area contributed by atoms with E-state index in [2.05, 4.69) is 9.97 Å². The van der Waals surface area contributed by atoms with Gasteiger partial charge in [-0.25, -0.2) is 4.98 Å². The quantitative estimate of drug-likeness (QED) is 0.595. The molecule has 0 atom stereocenters. The standard InChI is InChI=1S/C21H23N3O2S/c1-24(14-12-16-6-9-18(26-2)10-7-16)20(25)11-8-17-15-27-21(23-17)19-5-3-4-13-22-19/h3-7,9-10,13,15H,8,11-12,14H2,1-2H3. The molecule has 0 radical (unpaired) electrons.